The first-order valence-electron chi connectivity index (χ1n) is 18.2. The fourth-order valence-corrected chi connectivity index (χ4v) is 7.96. The fraction of sp³-hybridized carbons (Fsp3) is 0.605. The molecule has 13 heteroatoms. The lowest BCUT2D eigenvalue weighted by Gasteiger charge is -2.44. The number of ether oxygens (including phenoxy) is 1. The topological polar surface area (TPSA) is 85.4 Å². The van der Waals surface area contributed by atoms with E-state index < -0.39 is 36.5 Å². The van der Waals surface area contributed by atoms with E-state index in [-0.39, 0.29) is 42.7 Å². The predicted molar refractivity (Wildman–Crippen MR) is 185 cm³/mol. The Labute approximate surface area is 297 Å². The number of nitrogens with zero attached hydrogens (tertiary/aromatic N) is 4. The summed E-state index contributed by atoms with van der Waals surface area (Å²) in [6.45, 7) is 7.48. The molecule has 4 amide bonds. The highest BCUT2D eigenvalue weighted by molar-refractivity contribution is 5.91. The Bertz CT molecular complexity index is 1560. The standard InChI is InChI=1S/C38H49F4N5O4/c1-37(2)12-19-44(20-13-37)30-8-14-45(15-9-30)34(48)33(24-26-21-27(25-39)23-29(22-26)38(40,41)42)51-36(50)46-16-10-31(11-17-46)47-18-7-28-5-3-4-6-32(28)43-35(47)49/h3-6,21-23,30-31,33H,7-20,24-25H2,1-2H3,(H,43,49)/t33-/m1/s1. The van der Waals surface area contributed by atoms with Gasteiger partial charge in [0.1, 0.15) is 6.67 Å². The van der Waals surface area contributed by atoms with Crippen LogP contribution in [0.25, 0.3) is 0 Å². The van der Waals surface area contributed by atoms with E-state index in [1.54, 1.807) is 9.80 Å². The number of piperidine rings is 3. The van der Waals surface area contributed by atoms with E-state index in [9.17, 15) is 31.9 Å². The van der Waals surface area contributed by atoms with Crippen molar-refractivity contribution in [1.82, 2.24) is 19.6 Å². The first-order chi connectivity index (χ1) is 24.3. The molecule has 51 heavy (non-hydrogen) atoms. The summed E-state index contributed by atoms with van der Waals surface area (Å²) < 4.78 is 60.7. The number of fused-ring (bicyclic) bond motifs is 1. The normalized spacial score (nSPS) is 21.5. The minimum absolute atomic E-state index is 0.0707. The summed E-state index contributed by atoms with van der Waals surface area (Å²) in [7, 11) is 0. The zero-order valence-electron chi connectivity index (χ0n) is 29.5. The number of amides is 4. The maximum Gasteiger partial charge on any atom is 0.416 e. The lowest BCUT2D eigenvalue weighted by Crippen LogP contribution is -2.53. The molecular weight excluding hydrogens is 666 g/mol. The number of para-hydroxylation sites is 1. The number of carbonyl (C=O) groups excluding carboxylic acids is 3. The third-order valence-corrected chi connectivity index (χ3v) is 11.2. The molecule has 9 nitrogen and oxygen atoms in total. The van der Waals surface area contributed by atoms with E-state index in [0.29, 0.717) is 50.4 Å². The van der Waals surface area contributed by atoms with Gasteiger partial charge in [-0.2, -0.15) is 13.2 Å². The minimum Gasteiger partial charge on any atom is -0.436 e. The largest absolute Gasteiger partial charge is 0.436 e. The van der Waals surface area contributed by atoms with Crippen LogP contribution in [-0.2, 0) is 35.2 Å². The monoisotopic (exact) mass is 715 g/mol. The van der Waals surface area contributed by atoms with Crippen LogP contribution in [0, 0.1) is 5.41 Å². The first-order valence-corrected chi connectivity index (χ1v) is 18.2. The molecule has 0 radical (unpaired) electrons. The fourth-order valence-electron chi connectivity index (χ4n) is 7.96. The van der Waals surface area contributed by atoms with Crippen LogP contribution in [-0.4, -0.2) is 102 Å². The van der Waals surface area contributed by atoms with Gasteiger partial charge in [-0.3, -0.25) is 4.79 Å². The van der Waals surface area contributed by atoms with Crippen molar-refractivity contribution in [1.29, 1.82) is 0 Å². The van der Waals surface area contributed by atoms with E-state index in [0.717, 1.165) is 62.2 Å². The Balaban J connectivity index is 1.11. The average Bonchev–Trinajstić information content (AvgIpc) is 3.28. The van der Waals surface area contributed by atoms with Crippen LogP contribution in [0.2, 0.25) is 0 Å². The summed E-state index contributed by atoms with van der Waals surface area (Å²) in [5.41, 5.74) is 1.06. The van der Waals surface area contributed by atoms with Crippen molar-refractivity contribution in [3.05, 3.63) is 64.7 Å². The molecule has 0 bridgehead atoms. The van der Waals surface area contributed by atoms with Gasteiger partial charge in [-0.25, -0.2) is 14.0 Å². The van der Waals surface area contributed by atoms with Gasteiger partial charge in [-0.15, -0.1) is 0 Å². The van der Waals surface area contributed by atoms with Crippen molar-refractivity contribution in [2.75, 3.05) is 51.1 Å². The Hall–Kier alpha value is -3.87. The van der Waals surface area contributed by atoms with Gasteiger partial charge >= 0.3 is 18.3 Å². The van der Waals surface area contributed by atoms with Crippen LogP contribution < -0.4 is 5.32 Å². The molecule has 0 aliphatic carbocycles. The van der Waals surface area contributed by atoms with Gasteiger partial charge in [-0.1, -0.05) is 38.1 Å². The number of urea groups is 1. The number of nitrogens with one attached hydrogen (secondary N) is 1. The molecule has 3 saturated heterocycles. The number of alkyl halides is 4. The zero-order chi connectivity index (χ0) is 36.3. The molecule has 0 saturated carbocycles. The third kappa shape index (κ3) is 8.96. The number of halogens is 4. The highest BCUT2D eigenvalue weighted by Crippen LogP contribution is 2.34. The molecular formula is C38H49F4N5O4. The number of likely N-dealkylation sites (tertiary alicyclic amines) is 3. The molecule has 0 unspecified atom stereocenters. The van der Waals surface area contributed by atoms with Crippen molar-refractivity contribution in [2.45, 2.75) is 96.3 Å². The molecule has 278 valence electrons. The summed E-state index contributed by atoms with van der Waals surface area (Å²) in [6.07, 6.45) is -1.69. The van der Waals surface area contributed by atoms with Crippen LogP contribution in [0.15, 0.2) is 42.5 Å². The van der Waals surface area contributed by atoms with Gasteiger partial charge in [0.25, 0.3) is 5.91 Å². The van der Waals surface area contributed by atoms with Crippen molar-refractivity contribution in [3.63, 3.8) is 0 Å². The zero-order valence-corrected chi connectivity index (χ0v) is 29.5. The second kappa shape index (κ2) is 15.4. The van der Waals surface area contributed by atoms with E-state index in [1.807, 2.05) is 24.3 Å². The average molecular weight is 716 g/mol. The molecule has 2 aromatic carbocycles. The van der Waals surface area contributed by atoms with E-state index in [2.05, 4.69) is 24.1 Å². The Morgan fingerprint density at radius 1 is 0.882 bits per heavy atom. The summed E-state index contributed by atoms with van der Waals surface area (Å²) in [5.74, 6) is -0.462. The number of rotatable bonds is 7. The van der Waals surface area contributed by atoms with Gasteiger partial charge in [0, 0.05) is 56.9 Å². The molecule has 4 aliphatic heterocycles. The lowest BCUT2D eigenvalue weighted by molar-refractivity contribution is -0.142. The summed E-state index contributed by atoms with van der Waals surface area (Å²) >= 11 is 0. The van der Waals surface area contributed by atoms with Crippen LogP contribution in [0.3, 0.4) is 0 Å². The van der Waals surface area contributed by atoms with E-state index in [1.165, 1.54) is 11.0 Å². The maximum atomic E-state index is 14.0. The second-order valence-electron chi connectivity index (χ2n) is 15.3. The van der Waals surface area contributed by atoms with E-state index in [4.69, 9.17) is 4.74 Å². The van der Waals surface area contributed by atoms with Gasteiger partial charge in [0.15, 0.2) is 6.10 Å². The van der Waals surface area contributed by atoms with Crippen LogP contribution >= 0.6 is 0 Å². The number of hydrogen-bond acceptors (Lipinski definition) is 5. The summed E-state index contributed by atoms with van der Waals surface area (Å²) in [4.78, 5) is 48.1. The van der Waals surface area contributed by atoms with Crippen LogP contribution in [0.4, 0.5) is 32.8 Å². The molecule has 1 atom stereocenters. The van der Waals surface area contributed by atoms with Crippen molar-refractivity contribution < 1.29 is 36.7 Å². The van der Waals surface area contributed by atoms with Gasteiger partial charge in [0.2, 0.25) is 0 Å². The Morgan fingerprint density at radius 3 is 2.18 bits per heavy atom. The Kier molecular flexibility index (Phi) is 11.1. The third-order valence-electron chi connectivity index (χ3n) is 11.2. The first kappa shape index (κ1) is 36.9. The van der Waals surface area contributed by atoms with Gasteiger partial charge in [0.05, 0.1) is 5.56 Å². The quantitative estimate of drug-likeness (QED) is 0.316. The molecule has 0 spiro atoms. The highest BCUT2D eigenvalue weighted by atomic mass is 19.4. The highest BCUT2D eigenvalue weighted by Gasteiger charge is 2.38. The molecule has 2 aromatic rings. The van der Waals surface area contributed by atoms with Gasteiger partial charge in [-0.05, 0) is 98.3 Å². The molecule has 4 aliphatic rings. The number of carbonyl (C=O) groups is 3. The summed E-state index contributed by atoms with van der Waals surface area (Å²) in [6, 6.07) is 10.7. The lowest BCUT2D eigenvalue weighted by atomic mass is 9.82. The molecule has 0 aromatic heterocycles. The van der Waals surface area contributed by atoms with Crippen molar-refractivity contribution in [3.8, 4) is 0 Å². The molecule has 1 N–H and O–H groups in total. The number of benzene rings is 2. The van der Waals surface area contributed by atoms with E-state index >= 15 is 0 Å². The van der Waals surface area contributed by atoms with Crippen molar-refractivity contribution >= 4 is 23.7 Å². The minimum atomic E-state index is -4.71. The Morgan fingerprint density at radius 2 is 1.51 bits per heavy atom. The van der Waals surface area contributed by atoms with Crippen molar-refractivity contribution in [2.24, 2.45) is 5.41 Å². The molecule has 3 fully saturated rings. The number of hydrogen-bond donors (Lipinski definition) is 1. The second-order valence-corrected chi connectivity index (χ2v) is 15.3. The number of anilines is 1. The summed E-state index contributed by atoms with van der Waals surface area (Å²) in [5, 5.41) is 2.99. The molecule has 4 heterocycles. The SMILES string of the molecule is CC1(C)CCN(C2CCN(C(=O)[C@@H](Cc3cc(CF)cc(C(F)(F)F)c3)OC(=O)N3CCC(N4CCc5ccccc5NC4=O)CC3)CC2)CC1. The van der Waals surface area contributed by atoms with Gasteiger partial charge < -0.3 is 29.7 Å². The predicted octanol–water partition coefficient (Wildman–Crippen LogP) is 6.89. The molecule has 6 rings (SSSR count). The maximum absolute atomic E-state index is 14.0. The van der Waals surface area contributed by atoms with Crippen LogP contribution in [0.5, 0.6) is 0 Å². The van der Waals surface area contributed by atoms with Crippen LogP contribution in [0.1, 0.15) is 74.6 Å². The smallest absolute Gasteiger partial charge is 0.416 e.